The first-order chi connectivity index (χ1) is 10.2. The average Bonchev–Trinajstić information content (AvgIpc) is 2.80. The summed E-state index contributed by atoms with van der Waals surface area (Å²) in [4.78, 5) is 15.9. The van der Waals surface area contributed by atoms with E-state index in [0.29, 0.717) is 13.2 Å². The lowest BCUT2D eigenvalue weighted by Crippen LogP contribution is -2.30. The minimum Gasteiger partial charge on any atom is -0.367 e. The molecule has 0 aliphatic heterocycles. The molecule has 0 spiro atoms. The van der Waals surface area contributed by atoms with Crippen LogP contribution in [0.2, 0.25) is 0 Å². The van der Waals surface area contributed by atoms with Crippen LogP contribution in [0.15, 0.2) is 36.5 Å². The van der Waals surface area contributed by atoms with E-state index in [0.717, 1.165) is 23.6 Å². The van der Waals surface area contributed by atoms with Crippen molar-refractivity contribution in [2.24, 2.45) is 0 Å². The molecule has 1 aromatic heterocycles. The van der Waals surface area contributed by atoms with Crippen molar-refractivity contribution in [1.82, 2.24) is 14.9 Å². The molecule has 0 radical (unpaired) electrons. The van der Waals surface area contributed by atoms with Gasteiger partial charge >= 0.3 is 0 Å². The second-order valence-corrected chi connectivity index (χ2v) is 4.93. The number of rotatable bonds is 7. The Labute approximate surface area is 125 Å². The van der Waals surface area contributed by atoms with Gasteiger partial charge in [-0.25, -0.2) is 4.98 Å². The maximum Gasteiger partial charge on any atom is 0.246 e. The number of hydrogen-bond acceptors (Lipinski definition) is 3. The molecule has 0 atom stereocenters. The highest BCUT2D eigenvalue weighted by Gasteiger charge is 2.04. The summed E-state index contributed by atoms with van der Waals surface area (Å²) < 4.78 is 7.46. The molecule has 0 unspecified atom stereocenters. The molecule has 2 aromatic rings. The minimum absolute atomic E-state index is 0.0801. The van der Waals surface area contributed by atoms with Crippen molar-refractivity contribution >= 4 is 5.91 Å². The van der Waals surface area contributed by atoms with Crippen molar-refractivity contribution in [3.05, 3.63) is 53.6 Å². The van der Waals surface area contributed by atoms with E-state index in [1.54, 1.807) is 0 Å². The smallest absolute Gasteiger partial charge is 0.246 e. The van der Waals surface area contributed by atoms with Crippen LogP contribution in [-0.4, -0.2) is 28.6 Å². The van der Waals surface area contributed by atoms with Crippen molar-refractivity contribution in [3.8, 4) is 0 Å². The number of hydrogen-bond donors (Lipinski definition) is 1. The number of carbonyl (C=O) groups excluding carboxylic acids is 1. The van der Waals surface area contributed by atoms with Gasteiger partial charge in [0, 0.05) is 25.0 Å². The molecule has 0 bridgehead atoms. The van der Waals surface area contributed by atoms with E-state index in [1.807, 2.05) is 50.4 Å². The first-order valence-electron chi connectivity index (χ1n) is 7.04. The highest BCUT2D eigenvalue weighted by molar-refractivity contribution is 5.77. The van der Waals surface area contributed by atoms with E-state index < -0.39 is 0 Å². The molecule has 2 rings (SSSR count). The molecule has 1 heterocycles. The van der Waals surface area contributed by atoms with Crippen LogP contribution in [0, 0.1) is 13.8 Å². The van der Waals surface area contributed by atoms with Crippen LogP contribution in [0.3, 0.4) is 0 Å². The second-order valence-electron chi connectivity index (χ2n) is 4.93. The Hall–Kier alpha value is -2.14. The third-order valence-electron chi connectivity index (χ3n) is 3.26. The molecule has 0 saturated heterocycles. The molecule has 0 fully saturated rings. The van der Waals surface area contributed by atoms with Crippen LogP contribution in [-0.2, 0) is 22.7 Å². The summed E-state index contributed by atoms with van der Waals surface area (Å²) in [6.45, 7) is 5.79. The molecule has 112 valence electrons. The van der Waals surface area contributed by atoms with Crippen LogP contribution in [0.5, 0.6) is 0 Å². The van der Waals surface area contributed by atoms with Gasteiger partial charge in [-0.15, -0.1) is 0 Å². The zero-order valence-electron chi connectivity index (χ0n) is 12.5. The van der Waals surface area contributed by atoms with Gasteiger partial charge in [0.25, 0.3) is 0 Å². The normalized spacial score (nSPS) is 10.6. The van der Waals surface area contributed by atoms with Crippen molar-refractivity contribution < 1.29 is 9.53 Å². The van der Waals surface area contributed by atoms with Crippen LogP contribution in [0.25, 0.3) is 0 Å². The van der Waals surface area contributed by atoms with E-state index in [4.69, 9.17) is 4.74 Å². The van der Waals surface area contributed by atoms with Crippen molar-refractivity contribution in [3.63, 3.8) is 0 Å². The first-order valence-corrected chi connectivity index (χ1v) is 7.04. The molecule has 5 nitrogen and oxygen atoms in total. The monoisotopic (exact) mass is 287 g/mol. The largest absolute Gasteiger partial charge is 0.367 e. The Balaban J connectivity index is 1.64. The maximum atomic E-state index is 11.7. The SMILES string of the molecule is Cc1cnc(C)n1CCNC(=O)COCc1ccccc1. The quantitative estimate of drug-likeness (QED) is 0.845. The fraction of sp³-hybridized carbons (Fsp3) is 0.375. The standard InChI is InChI=1S/C16H21N3O2/c1-13-10-18-14(2)19(13)9-8-17-16(20)12-21-11-15-6-4-3-5-7-15/h3-7,10H,8-9,11-12H2,1-2H3,(H,17,20). The van der Waals surface area contributed by atoms with Gasteiger partial charge in [0.1, 0.15) is 12.4 Å². The van der Waals surface area contributed by atoms with E-state index in [1.165, 1.54) is 0 Å². The highest BCUT2D eigenvalue weighted by Crippen LogP contribution is 2.02. The summed E-state index contributed by atoms with van der Waals surface area (Å²) >= 11 is 0. The number of nitrogens with zero attached hydrogens (tertiary/aromatic N) is 2. The second kappa shape index (κ2) is 7.59. The van der Waals surface area contributed by atoms with Gasteiger partial charge in [-0.3, -0.25) is 4.79 Å². The van der Waals surface area contributed by atoms with Crippen molar-refractivity contribution in [2.45, 2.75) is 27.0 Å². The Morgan fingerprint density at radius 3 is 2.71 bits per heavy atom. The van der Waals surface area contributed by atoms with Crippen LogP contribution >= 0.6 is 0 Å². The summed E-state index contributed by atoms with van der Waals surface area (Å²) in [5.74, 6) is 0.864. The van der Waals surface area contributed by atoms with Crippen LogP contribution < -0.4 is 5.32 Å². The molecule has 21 heavy (non-hydrogen) atoms. The molecular formula is C16H21N3O2. The number of aryl methyl sites for hydroxylation is 2. The predicted molar refractivity (Wildman–Crippen MR) is 80.8 cm³/mol. The summed E-state index contributed by atoms with van der Waals surface area (Å²) in [5, 5.41) is 2.85. The number of aromatic nitrogens is 2. The Morgan fingerprint density at radius 2 is 2.05 bits per heavy atom. The van der Waals surface area contributed by atoms with E-state index >= 15 is 0 Å². The van der Waals surface area contributed by atoms with Gasteiger partial charge in [0.05, 0.1) is 6.61 Å². The van der Waals surface area contributed by atoms with Crippen molar-refractivity contribution in [2.75, 3.05) is 13.2 Å². The van der Waals surface area contributed by atoms with Gasteiger partial charge in [-0.05, 0) is 19.4 Å². The first kappa shape index (κ1) is 15.3. The molecule has 0 saturated carbocycles. The van der Waals surface area contributed by atoms with E-state index in [-0.39, 0.29) is 12.5 Å². The lowest BCUT2D eigenvalue weighted by Gasteiger charge is -2.09. The summed E-state index contributed by atoms with van der Waals surface area (Å²) in [6.07, 6.45) is 1.83. The minimum atomic E-state index is -0.0960. The highest BCUT2D eigenvalue weighted by atomic mass is 16.5. The molecule has 1 aromatic carbocycles. The molecular weight excluding hydrogens is 266 g/mol. The third-order valence-corrected chi connectivity index (χ3v) is 3.26. The molecule has 0 aliphatic rings. The number of benzene rings is 1. The number of ether oxygens (including phenoxy) is 1. The van der Waals surface area contributed by atoms with Gasteiger partial charge in [-0.1, -0.05) is 30.3 Å². The lowest BCUT2D eigenvalue weighted by atomic mass is 10.2. The third kappa shape index (κ3) is 4.72. The molecule has 0 aliphatic carbocycles. The van der Waals surface area contributed by atoms with Crippen molar-refractivity contribution in [1.29, 1.82) is 0 Å². The number of nitrogens with one attached hydrogen (secondary N) is 1. The molecule has 1 amide bonds. The van der Waals surface area contributed by atoms with E-state index in [2.05, 4.69) is 14.9 Å². The topological polar surface area (TPSA) is 56.2 Å². The Kier molecular flexibility index (Phi) is 5.51. The van der Waals surface area contributed by atoms with Crippen LogP contribution in [0.1, 0.15) is 17.1 Å². The maximum absolute atomic E-state index is 11.7. The number of imidazole rings is 1. The fourth-order valence-electron chi connectivity index (χ4n) is 2.11. The predicted octanol–water partition coefficient (Wildman–Crippen LogP) is 1.83. The number of carbonyl (C=O) groups is 1. The van der Waals surface area contributed by atoms with Crippen LogP contribution in [0.4, 0.5) is 0 Å². The Bertz CT molecular complexity index is 559. The number of amides is 1. The van der Waals surface area contributed by atoms with Gasteiger partial charge in [-0.2, -0.15) is 0 Å². The van der Waals surface area contributed by atoms with Gasteiger partial charge in [0.15, 0.2) is 0 Å². The van der Waals surface area contributed by atoms with Gasteiger partial charge < -0.3 is 14.6 Å². The average molecular weight is 287 g/mol. The summed E-state index contributed by atoms with van der Waals surface area (Å²) in [7, 11) is 0. The Morgan fingerprint density at radius 1 is 1.29 bits per heavy atom. The summed E-state index contributed by atoms with van der Waals surface area (Å²) in [5.41, 5.74) is 2.16. The fourth-order valence-corrected chi connectivity index (χ4v) is 2.11. The lowest BCUT2D eigenvalue weighted by molar-refractivity contribution is -0.126. The summed E-state index contributed by atoms with van der Waals surface area (Å²) in [6, 6.07) is 9.81. The zero-order chi connectivity index (χ0) is 15.1. The molecule has 5 heteroatoms. The zero-order valence-corrected chi connectivity index (χ0v) is 12.5. The molecule has 1 N–H and O–H groups in total. The van der Waals surface area contributed by atoms with Gasteiger partial charge in [0.2, 0.25) is 5.91 Å². The van der Waals surface area contributed by atoms with E-state index in [9.17, 15) is 4.79 Å².